The predicted octanol–water partition coefficient (Wildman–Crippen LogP) is 0.526. The summed E-state index contributed by atoms with van der Waals surface area (Å²) in [6, 6.07) is 0. The third-order valence-corrected chi connectivity index (χ3v) is 1.64. The molecule has 0 atom stereocenters. The number of ether oxygens (including phenoxy) is 1. The number of carbonyl (C=O) groups excluding carboxylic acids is 1. The molecule has 6 heteroatoms. The lowest BCUT2D eigenvalue weighted by atomic mass is 10.2. The molecule has 0 aliphatic rings. The van der Waals surface area contributed by atoms with Crippen molar-refractivity contribution < 1.29 is 17.9 Å². The largest absolute Gasteiger partial charge is 0.461 e. The zero-order valence-corrected chi connectivity index (χ0v) is 9.22. The molecule has 0 bridgehead atoms. The molecule has 0 aromatic heterocycles. The van der Waals surface area contributed by atoms with Crippen molar-refractivity contribution in [2.45, 2.75) is 13.8 Å². The van der Waals surface area contributed by atoms with E-state index in [0.717, 1.165) is 6.26 Å². The minimum Gasteiger partial charge on any atom is -0.461 e. The van der Waals surface area contributed by atoms with E-state index in [1.54, 1.807) is 6.92 Å². The molecule has 0 aromatic carbocycles. The molecule has 0 fully saturated rings. The predicted molar refractivity (Wildman–Crippen MR) is 53.7 cm³/mol. The monoisotopic (exact) mass is 219 g/mol. The van der Waals surface area contributed by atoms with Gasteiger partial charge in [-0.25, -0.2) is 13.2 Å². The van der Waals surface area contributed by atoms with Gasteiger partial charge in [-0.05, 0) is 19.4 Å². The van der Waals surface area contributed by atoms with Gasteiger partial charge in [0.05, 0.1) is 12.9 Å². The van der Waals surface area contributed by atoms with Crippen LogP contribution in [0.2, 0.25) is 0 Å². The van der Waals surface area contributed by atoms with Crippen LogP contribution in [0.15, 0.2) is 16.5 Å². The van der Waals surface area contributed by atoms with E-state index in [-0.39, 0.29) is 17.9 Å². The Balaban J connectivity index is 5.07. The van der Waals surface area contributed by atoms with Crippen molar-refractivity contribution in [2.75, 3.05) is 12.9 Å². The van der Waals surface area contributed by atoms with Crippen LogP contribution < -0.4 is 0 Å². The molecule has 80 valence electrons. The Morgan fingerprint density at radius 2 is 2.00 bits per heavy atom. The highest BCUT2D eigenvalue weighted by Crippen LogP contribution is 2.00. The van der Waals surface area contributed by atoms with Gasteiger partial charge in [0.1, 0.15) is 0 Å². The molecule has 0 heterocycles. The highest BCUT2D eigenvalue weighted by Gasteiger charge is 2.15. The molecule has 0 aliphatic carbocycles. The molecule has 0 saturated carbocycles. The van der Waals surface area contributed by atoms with Gasteiger partial charge < -0.3 is 4.74 Å². The second-order valence-electron chi connectivity index (χ2n) is 2.67. The van der Waals surface area contributed by atoms with E-state index in [1.165, 1.54) is 6.92 Å². The van der Waals surface area contributed by atoms with E-state index >= 15 is 0 Å². The maximum atomic E-state index is 11.2. The zero-order chi connectivity index (χ0) is 11.4. The summed E-state index contributed by atoms with van der Waals surface area (Å²) in [5.74, 6) is -0.773. The molecule has 0 rings (SSSR count). The second-order valence-corrected chi connectivity index (χ2v) is 4.32. The molecular weight excluding hydrogens is 206 g/mol. The summed E-state index contributed by atoms with van der Waals surface area (Å²) in [6.45, 7) is 6.71. The van der Waals surface area contributed by atoms with Crippen LogP contribution >= 0.6 is 0 Å². The van der Waals surface area contributed by atoms with Crippen LogP contribution in [0.1, 0.15) is 13.8 Å². The average molecular weight is 219 g/mol. The number of sulfonamides is 1. The standard InChI is InChI=1S/C8H13NO4S/c1-5-13-8(10)7(6(2)3)9-14(4,11)12/h2,5H2,1,3-4H3/b9-7+. The quantitative estimate of drug-likeness (QED) is 0.510. The molecule has 0 aliphatic heterocycles. The van der Waals surface area contributed by atoms with Crippen molar-refractivity contribution >= 4 is 21.7 Å². The fourth-order valence-corrected chi connectivity index (χ4v) is 1.22. The van der Waals surface area contributed by atoms with Gasteiger partial charge in [-0.3, -0.25) is 0 Å². The van der Waals surface area contributed by atoms with Crippen LogP contribution in [0.25, 0.3) is 0 Å². The van der Waals surface area contributed by atoms with Crippen LogP contribution in [-0.4, -0.2) is 33.0 Å². The first-order valence-electron chi connectivity index (χ1n) is 3.91. The van der Waals surface area contributed by atoms with Crippen LogP contribution in [0.3, 0.4) is 0 Å². The number of esters is 1. The minimum atomic E-state index is -3.61. The van der Waals surface area contributed by atoms with Crippen molar-refractivity contribution in [1.29, 1.82) is 0 Å². The van der Waals surface area contributed by atoms with E-state index in [0.29, 0.717) is 0 Å². The summed E-state index contributed by atoms with van der Waals surface area (Å²) in [5, 5.41) is 0. The Hall–Kier alpha value is -1.17. The third kappa shape index (κ3) is 4.76. The lowest BCUT2D eigenvalue weighted by molar-refractivity contribution is -0.134. The molecule has 0 saturated heterocycles. The van der Waals surface area contributed by atoms with Gasteiger partial charge in [0.25, 0.3) is 10.0 Å². The maximum absolute atomic E-state index is 11.2. The lowest BCUT2D eigenvalue weighted by Crippen LogP contribution is -2.19. The molecule has 0 aromatic rings. The first-order chi connectivity index (χ1) is 6.28. The number of rotatable bonds is 4. The van der Waals surface area contributed by atoms with Crippen molar-refractivity contribution in [3.63, 3.8) is 0 Å². The summed E-state index contributed by atoms with van der Waals surface area (Å²) in [7, 11) is -3.61. The molecular formula is C8H13NO4S. The van der Waals surface area contributed by atoms with E-state index in [4.69, 9.17) is 0 Å². The van der Waals surface area contributed by atoms with Gasteiger partial charge in [0.15, 0.2) is 5.71 Å². The van der Waals surface area contributed by atoms with Crippen molar-refractivity contribution in [3.8, 4) is 0 Å². The molecule has 0 spiro atoms. The van der Waals surface area contributed by atoms with Crippen LogP contribution in [0.4, 0.5) is 0 Å². The average Bonchev–Trinajstić information content (AvgIpc) is 1.98. The number of nitrogens with zero attached hydrogens (tertiary/aromatic N) is 1. The van der Waals surface area contributed by atoms with Gasteiger partial charge >= 0.3 is 5.97 Å². The van der Waals surface area contributed by atoms with Crippen molar-refractivity contribution in [3.05, 3.63) is 12.2 Å². The van der Waals surface area contributed by atoms with Gasteiger partial charge in [-0.15, -0.1) is 0 Å². The summed E-state index contributed by atoms with van der Waals surface area (Å²) in [6.07, 6.45) is 0.898. The summed E-state index contributed by atoms with van der Waals surface area (Å²) in [4.78, 5) is 11.2. The summed E-state index contributed by atoms with van der Waals surface area (Å²) >= 11 is 0. The first kappa shape index (κ1) is 12.8. The lowest BCUT2D eigenvalue weighted by Gasteiger charge is -2.03. The summed E-state index contributed by atoms with van der Waals surface area (Å²) < 4.78 is 29.5. The Bertz CT molecular complexity index is 367. The van der Waals surface area contributed by atoms with Crippen molar-refractivity contribution in [1.82, 2.24) is 0 Å². The molecule has 0 N–H and O–H groups in total. The van der Waals surface area contributed by atoms with Crippen LogP contribution in [-0.2, 0) is 19.6 Å². The number of hydrogen-bond acceptors (Lipinski definition) is 4. The second kappa shape index (κ2) is 4.90. The van der Waals surface area contributed by atoms with E-state index in [1.807, 2.05) is 0 Å². The van der Waals surface area contributed by atoms with E-state index < -0.39 is 16.0 Å². The normalized spacial score (nSPS) is 12.4. The molecule has 0 amide bonds. The summed E-state index contributed by atoms with van der Waals surface area (Å²) in [5.41, 5.74) is 0.00299. The minimum absolute atomic E-state index is 0.162. The van der Waals surface area contributed by atoms with Gasteiger partial charge in [-0.1, -0.05) is 6.58 Å². The van der Waals surface area contributed by atoms with Crippen LogP contribution in [0, 0.1) is 0 Å². The van der Waals surface area contributed by atoms with E-state index in [2.05, 4.69) is 15.7 Å². The molecule has 5 nitrogen and oxygen atoms in total. The maximum Gasteiger partial charge on any atom is 0.358 e. The Kier molecular flexibility index (Phi) is 4.49. The Morgan fingerprint density at radius 1 is 1.50 bits per heavy atom. The number of hydrogen-bond donors (Lipinski definition) is 0. The highest BCUT2D eigenvalue weighted by molar-refractivity contribution is 7.89. The fourth-order valence-electron chi connectivity index (χ4n) is 0.655. The van der Waals surface area contributed by atoms with E-state index in [9.17, 15) is 13.2 Å². The molecule has 14 heavy (non-hydrogen) atoms. The fraction of sp³-hybridized carbons (Fsp3) is 0.500. The SMILES string of the molecule is C=C(C)/C(=N\S(C)(=O)=O)C(=O)OCC. The first-order valence-corrected chi connectivity index (χ1v) is 5.75. The molecule has 0 radical (unpaired) electrons. The Labute approximate surface area is 83.5 Å². The van der Waals surface area contributed by atoms with Gasteiger partial charge in [0, 0.05) is 0 Å². The Morgan fingerprint density at radius 3 is 2.29 bits per heavy atom. The number of carbonyl (C=O) groups is 1. The molecule has 0 unspecified atom stereocenters. The van der Waals surface area contributed by atoms with Crippen LogP contribution in [0.5, 0.6) is 0 Å². The smallest absolute Gasteiger partial charge is 0.358 e. The third-order valence-electron chi connectivity index (χ3n) is 1.13. The zero-order valence-electron chi connectivity index (χ0n) is 8.40. The topological polar surface area (TPSA) is 72.8 Å². The van der Waals surface area contributed by atoms with Crippen molar-refractivity contribution in [2.24, 2.45) is 4.40 Å². The van der Waals surface area contributed by atoms with Gasteiger partial charge in [0.2, 0.25) is 0 Å². The van der Waals surface area contributed by atoms with Gasteiger partial charge in [-0.2, -0.15) is 4.40 Å². The highest BCUT2D eigenvalue weighted by atomic mass is 32.2.